The Morgan fingerprint density at radius 2 is 1.79 bits per heavy atom. The van der Waals surface area contributed by atoms with E-state index in [4.69, 9.17) is 27.9 Å². The highest BCUT2D eigenvalue weighted by molar-refractivity contribution is 9.10. The van der Waals surface area contributed by atoms with E-state index in [0.717, 1.165) is 15.6 Å². The summed E-state index contributed by atoms with van der Waals surface area (Å²) in [5.74, 6) is 0.664. The van der Waals surface area contributed by atoms with Crippen LogP contribution in [-0.4, -0.2) is 7.11 Å². The lowest BCUT2D eigenvalue weighted by molar-refractivity contribution is 0.415. The molecule has 0 spiro atoms. The van der Waals surface area contributed by atoms with Crippen LogP contribution in [0, 0.1) is 0 Å². The molecule has 5 heteroatoms. The number of benzene rings is 2. The van der Waals surface area contributed by atoms with E-state index in [1.54, 1.807) is 7.11 Å². The molecule has 2 rings (SSSR count). The van der Waals surface area contributed by atoms with Gasteiger partial charge in [-0.15, -0.1) is 0 Å². The molecule has 0 aliphatic heterocycles. The summed E-state index contributed by atoms with van der Waals surface area (Å²) >= 11 is 19.3. The van der Waals surface area contributed by atoms with E-state index >= 15 is 0 Å². The molecule has 1 unspecified atom stereocenters. The first-order chi connectivity index (χ1) is 9.01. The second-order valence-electron chi connectivity index (χ2n) is 3.96. The van der Waals surface area contributed by atoms with Gasteiger partial charge in [0.05, 0.1) is 17.0 Å². The smallest absolute Gasteiger partial charge is 0.137 e. The van der Waals surface area contributed by atoms with Crippen LogP contribution in [0.25, 0.3) is 0 Å². The maximum absolute atomic E-state index is 6.14. The van der Waals surface area contributed by atoms with Crippen LogP contribution < -0.4 is 4.74 Å². The van der Waals surface area contributed by atoms with Crippen molar-refractivity contribution in [2.24, 2.45) is 0 Å². The summed E-state index contributed by atoms with van der Waals surface area (Å²) in [7, 11) is 1.60. The van der Waals surface area contributed by atoms with Crippen LogP contribution in [0.2, 0.25) is 10.0 Å². The van der Waals surface area contributed by atoms with Crippen LogP contribution in [0.15, 0.2) is 40.9 Å². The molecule has 1 atom stereocenters. The molecule has 0 aromatic heterocycles. The van der Waals surface area contributed by atoms with E-state index in [9.17, 15) is 0 Å². The molecular weight excluding hydrogens is 415 g/mol. The number of ether oxygens (including phenoxy) is 1. The lowest BCUT2D eigenvalue weighted by Crippen LogP contribution is -1.94. The molecule has 0 aliphatic rings. The summed E-state index contributed by atoms with van der Waals surface area (Å²) in [4.78, 5) is 0.0194. The van der Waals surface area contributed by atoms with Crippen molar-refractivity contribution in [3.63, 3.8) is 0 Å². The summed E-state index contributed by atoms with van der Waals surface area (Å²) in [6.45, 7) is 0. The van der Waals surface area contributed by atoms with Gasteiger partial charge >= 0.3 is 0 Å². The fourth-order valence-electron chi connectivity index (χ4n) is 1.75. The molecule has 2 aromatic rings. The van der Waals surface area contributed by atoms with Crippen LogP contribution in [-0.2, 0) is 0 Å². The van der Waals surface area contributed by atoms with Gasteiger partial charge in [-0.25, -0.2) is 0 Å². The van der Waals surface area contributed by atoms with Gasteiger partial charge < -0.3 is 4.74 Å². The summed E-state index contributed by atoms with van der Waals surface area (Å²) in [6, 6.07) is 11.5. The minimum Gasteiger partial charge on any atom is -0.495 e. The maximum atomic E-state index is 6.14. The Labute approximate surface area is 139 Å². The number of alkyl halides is 1. The third kappa shape index (κ3) is 3.66. The molecule has 0 bridgehead atoms. The largest absolute Gasteiger partial charge is 0.495 e. The first kappa shape index (κ1) is 15.2. The quantitative estimate of drug-likeness (QED) is 0.529. The Morgan fingerprint density at radius 1 is 1.05 bits per heavy atom. The molecule has 0 fully saturated rings. The number of hydrogen-bond donors (Lipinski definition) is 0. The van der Waals surface area contributed by atoms with Crippen molar-refractivity contribution in [2.45, 2.75) is 4.83 Å². The van der Waals surface area contributed by atoms with Crippen molar-refractivity contribution in [3.05, 3.63) is 62.0 Å². The highest BCUT2D eigenvalue weighted by atomic mass is 79.9. The van der Waals surface area contributed by atoms with Gasteiger partial charge in [0.2, 0.25) is 0 Å². The van der Waals surface area contributed by atoms with Crippen molar-refractivity contribution in [1.29, 1.82) is 0 Å². The van der Waals surface area contributed by atoms with Gasteiger partial charge in [0.25, 0.3) is 0 Å². The first-order valence-corrected chi connectivity index (χ1v) is 7.91. The highest BCUT2D eigenvalue weighted by Gasteiger charge is 2.13. The summed E-state index contributed by atoms with van der Waals surface area (Å²) in [5.41, 5.74) is 2.10. The van der Waals surface area contributed by atoms with Crippen molar-refractivity contribution >= 4 is 55.1 Å². The summed E-state index contributed by atoms with van der Waals surface area (Å²) < 4.78 is 6.09. The monoisotopic (exact) mass is 422 g/mol. The van der Waals surface area contributed by atoms with Crippen molar-refractivity contribution in [3.8, 4) is 5.75 Å². The molecule has 100 valence electrons. The van der Waals surface area contributed by atoms with Gasteiger partial charge in [0.15, 0.2) is 0 Å². The Hall–Kier alpha value is -0.220. The van der Waals surface area contributed by atoms with Crippen molar-refractivity contribution in [2.75, 3.05) is 7.11 Å². The second kappa shape index (κ2) is 6.49. The van der Waals surface area contributed by atoms with E-state index in [2.05, 4.69) is 31.9 Å². The number of methoxy groups -OCH3 is 1. The normalized spacial score (nSPS) is 12.3. The number of hydrogen-bond acceptors (Lipinski definition) is 1. The zero-order chi connectivity index (χ0) is 14.0. The third-order valence-corrected chi connectivity index (χ3v) is 4.67. The minimum atomic E-state index is 0.0194. The van der Waals surface area contributed by atoms with Crippen LogP contribution >= 0.6 is 55.1 Å². The van der Waals surface area contributed by atoms with E-state index in [1.165, 1.54) is 0 Å². The lowest BCUT2D eigenvalue weighted by Gasteiger charge is -2.13. The van der Waals surface area contributed by atoms with E-state index in [0.29, 0.717) is 15.8 Å². The van der Waals surface area contributed by atoms with Crippen LogP contribution in [0.4, 0.5) is 0 Å². The molecule has 0 N–H and O–H groups in total. The maximum Gasteiger partial charge on any atom is 0.137 e. The molecule has 2 aromatic carbocycles. The topological polar surface area (TPSA) is 9.23 Å². The molecule has 0 radical (unpaired) electrons. The number of rotatable bonds is 3. The van der Waals surface area contributed by atoms with Gasteiger partial charge in [-0.1, -0.05) is 61.1 Å². The van der Waals surface area contributed by atoms with Gasteiger partial charge in [-0.3, -0.25) is 0 Å². The molecule has 0 amide bonds. The zero-order valence-electron chi connectivity index (χ0n) is 9.96. The predicted octanol–water partition coefficient (Wildman–Crippen LogP) is 6.25. The fraction of sp³-hybridized carbons (Fsp3) is 0.143. The van der Waals surface area contributed by atoms with Gasteiger partial charge in [0, 0.05) is 9.50 Å². The Kier molecular flexibility index (Phi) is 5.18. The van der Waals surface area contributed by atoms with E-state index in [1.807, 2.05) is 36.4 Å². The predicted molar refractivity (Wildman–Crippen MR) is 87.9 cm³/mol. The van der Waals surface area contributed by atoms with Crippen LogP contribution in [0.5, 0.6) is 5.75 Å². The highest BCUT2D eigenvalue weighted by Crippen LogP contribution is 2.37. The van der Waals surface area contributed by atoms with E-state index < -0.39 is 0 Å². The third-order valence-electron chi connectivity index (χ3n) is 2.65. The summed E-state index contributed by atoms with van der Waals surface area (Å²) in [5, 5.41) is 1.28. The minimum absolute atomic E-state index is 0.0194. The average Bonchev–Trinajstić information content (AvgIpc) is 2.36. The molecule has 0 saturated heterocycles. The Balaban J connectivity index is 2.38. The van der Waals surface area contributed by atoms with Crippen molar-refractivity contribution < 1.29 is 4.74 Å². The Morgan fingerprint density at radius 3 is 2.37 bits per heavy atom. The second-order valence-corrected chi connectivity index (χ2v) is 6.63. The average molecular weight is 425 g/mol. The zero-order valence-corrected chi connectivity index (χ0v) is 14.6. The van der Waals surface area contributed by atoms with Crippen molar-refractivity contribution in [1.82, 2.24) is 0 Å². The Bertz CT molecular complexity index is 582. The fourth-order valence-corrected chi connectivity index (χ4v) is 3.46. The van der Waals surface area contributed by atoms with Gasteiger partial charge in [-0.05, 0) is 41.5 Å². The SMILES string of the molecule is COc1ccc(C(Br)c2cc(Cl)cc(Br)c2)cc1Cl. The molecule has 1 nitrogen and oxygen atoms in total. The number of halogens is 4. The first-order valence-electron chi connectivity index (χ1n) is 5.44. The van der Waals surface area contributed by atoms with Gasteiger partial charge in [-0.2, -0.15) is 0 Å². The molecule has 19 heavy (non-hydrogen) atoms. The lowest BCUT2D eigenvalue weighted by atomic mass is 10.0. The molecule has 0 aliphatic carbocycles. The molecule has 0 heterocycles. The molecular formula is C14H10Br2Cl2O. The van der Waals surface area contributed by atoms with Gasteiger partial charge in [0.1, 0.15) is 5.75 Å². The molecule has 0 saturated carbocycles. The van der Waals surface area contributed by atoms with Crippen LogP contribution in [0.3, 0.4) is 0 Å². The summed E-state index contributed by atoms with van der Waals surface area (Å²) in [6.07, 6.45) is 0. The van der Waals surface area contributed by atoms with E-state index in [-0.39, 0.29) is 4.83 Å². The standard InChI is InChI=1S/C14H10Br2Cl2O/c1-19-13-3-2-8(6-12(13)18)14(16)9-4-10(15)7-11(17)5-9/h2-7,14H,1H3. The van der Waals surface area contributed by atoms with Crippen LogP contribution in [0.1, 0.15) is 16.0 Å².